The largest absolute Gasteiger partial charge is 0.375 e. The Kier molecular flexibility index (Phi) is 5.40. The lowest BCUT2D eigenvalue weighted by molar-refractivity contribution is 0.835. The van der Waals surface area contributed by atoms with Gasteiger partial charge in [0.25, 0.3) is 0 Å². The number of thiocarbonyl (C=S) groups is 2. The molecule has 0 aliphatic rings. The first-order chi connectivity index (χ1) is 5.16. The summed E-state index contributed by atoms with van der Waals surface area (Å²) in [6.45, 7) is 4.11. The van der Waals surface area contributed by atoms with Gasteiger partial charge in [0, 0.05) is 6.54 Å². The molecule has 0 unspecified atom stereocenters. The Balaban J connectivity index is 3.37. The van der Waals surface area contributed by atoms with E-state index in [1.807, 2.05) is 0 Å². The molecule has 0 fully saturated rings. The second-order valence-corrected chi connectivity index (χ2v) is 2.46. The topological polar surface area (TPSA) is 62.1 Å². The number of nitrogens with one attached hydrogen (secondary N) is 3. The van der Waals surface area contributed by atoms with Crippen LogP contribution in [-0.2, 0) is 0 Å². The van der Waals surface area contributed by atoms with E-state index in [-0.39, 0.29) is 5.11 Å². The predicted molar refractivity (Wildman–Crippen MR) is 53.9 cm³/mol. The lowest BCUT2D eigenvalue weighted by Crippen LogP contribution is -2.48. The molecule has 0 aliphatic carbocycles. The van der Waals surface area contributed by atoms with Crippen LogP contribution in [0.4, 0.5) is 0 Å². The Hall–Kier alpha value is -0.880. The van der Waals surface area contributed by atoms with Crippen molar-refractivity contribution >= 4 is 34.7 Å². The van der Waals surface area contributed by atoms with E-state index in [1.54, 1.807) is 6.08 Å². The molecule has 0 aromatic heterocycles. The van der Waals surface area contributed by atoms with E-state index in [0.717, 1.165) is 0 Å². The number of hydrogen-bond donors (Lipinski definition) is 4. The Bertz CT molecular complexity index is 168. The van der Waals surface area contributed by atoms with Crippen molar-refractivity contribution in [3.63, 3.8) is 0 Å². The molecular formula is C5H10N4S2. The molecule has 5 N–H and O–H groups in total. The van der Waals surface area contributed by atoms with Crippen LogP contribution in [0.5, 0.6) is 0 Å². The van der Waals surface area contributed by atoms with Crippen LogP contribution in [0.1, 0.15) is 0 Å². The Morgan fingerprint density at radius 2 is 2.09 bits per heavy atom. The summed E-state index contributed by atoms with van der Waals surface area (Å²) in [7, 11) is 0. The number of hydrazine groups is 1. The lowest BCUT2D eigenvalue weighted by atomic mass is 10.6. The molecular weight excluding hydrogens is 180 g/mol. The minimum absolute atomic E-state index is 0.146. The number of hydrogen-bond acceptors (Lipinski definition) is 2. The second kappa shape index (κ2) is 5.87. The summed E-state index contributed by atoms with van der Waals surface area (Å²) in [5, 5.41) is 3.39. The van der Waals surface area contributed by atoms with Gasteiger partial charge in [0.1, 0.15) is 0 Å². The van der Waals surface area contributed by atoms with Crippen molar-refractivity contribution in [2.45, 2.75) is 0 Å². The van der Waals surface area contributed by atoms with Gasteiger partial charge in [0.2, 0.25) is 0 Å². The Labute approximate surface area is 76.2 Å². The zero-order valence-corrected chi connectivity index (χ0v) is 7.52. The molecule has 0 aromatic carbocycles. The van der Waals surface area contributed by atoms with Crippen LogP contribution in [0.3, 0.4) is 0 Å². The van der Waals surface area contributed by atoms with Gasteiger partial charge in [0.05, 0.1) is 0 Å². The highest BCUT2D eigenvalue weighted by Gasteiger charge is 1.90. The average Bonchev–Trinajstić information content (AvgIpc) is 1.97. The molecule has 11 heavy (non-hydrogen) atoms. The normalized spacial score (nSPS) is 8.00. The van der Waals surface area contributed by atoms with Crippen molar-refractivity contribution in [1.82, 2.24) is 16.2 Å². The number of rotatable bonds is 2. The van der Waals surface area contributed by atoms with Crippen LogP contribution >= 0.6 is 24.4 Å². The fourth-order valence-corrected chi connectivity index (χ4v) is 0.513. The van der Waals surface area contributed by atoms with Gasteiger partial charge in [-0.1, -0.05) is 6.08 Å². The van der Waals surface area contributed by atoms with E-state index in [1.165, 1.54) is 0 Å². The molecule has 0 bridgehead atoms. The maximum absolute atomic E-state index is 5.12. The van der Waals surface area contributed by atoms with Crippen molar-refractivity contribution in [1.29, 1.82) is 0 Å². The summed E-state index contributed by atoms with van der Waals surface area (Å²) in [6.07, 6.45) is 1.69. The summed E-state index contributed by atoms with van der Waals surface area (Å²) in [5.74, 6) is 0. The van der Waals surface area contributed by atoms with Crippen molar-refractivity contribution < 1.29 is 0 Å². The molecule has 0 atom stereocenters. The fraction of sp³-hybridized carbons (Fsp3) is 0.200. The first kappa shape index (κ1) is 10.1. The van der Waals surface area contributed by atoms with Gasteiger partial charge >= 0.3 is 0 Å². The predicted octanol–water partition coefficient (Wildman–Crippen LogP) is -0.615. The van der Waals surface area contributed by atoms with E-state index in [2.05, 4.69) is 35.0 Å². The molecule has 0 spiro atoms. The van der Waals surface area contributed by atoms with Gasteiger partial charge in [0.15, 0.2) is 10.2 Å². The summed E-state index contributed by atoms with van der Waals surface area (Å²) >= 11 is 9.31. The maximum Gasteiger partial charge on any atom is 0.185 e. The van der Waals surface area contributed by atoms with Crippen molar-refractivity contribution in [2.24, 2.45) is 5.73 Å². The highest BCUT2D eigenvalue weighted by molar-refractivity contribution is 7.80. The van der Waals surface area contributed by atoms with Gasteiger partial charge in [-0.05, 0) is 24.4 Å². The molecule has 0 heterocycles. The fourth-order valence-electron chi connectivity index (χ4n) is 0.327. The molecule has 0 aliphatic heterocycles. The molecule has 62 valence electrons. The van der Waals surface area contributed by atoms with Crippen LogP contribution in [0.2, 0.25) is 0 Å². The van der Waals surface area contributed by atoms with Gasteiger partial charge in [-0.3, -0.25) is 10.9 Å². The Morgan fingerprint density at radius 3 is 2.55 bits per heavy atom. The smallest absolute Gasteiger partial charge is 0.185 e. The van der Waals surface area contributed by atoms with Crippen LogP contribution in [0.25, 0.3) is 0 Å². The monoisotopic (exact) mass is 190 g/mol. The van der Waals surface area contributed by atoms with Crippen molar-refractivity contribution in [3.05, 3.63) is 12.7 Å². The summed E-state index contributed by atoms with van der Waals surface area (Å²) < 4.78 is 0. The van der Waals surface area contributed by atoms with Gasteiger partial charge in [-0.25, -0.2) is 0 Å². The lowest BCUT2D eigenvalue weighted by Gasteiger charge is -2.08. The molecule has 0 amide bonds. The van der Waals surface area contributed by atoms with E-state index in [4.69, 9.17) is 18.0 Å². The van der Waals surface area contributed by atoms with E-state index < -0.39 is 0 Å². The van der Waals surface area contributed by atoms with E-state index in [9.17, 15) is 0 Å². The molecule has 6 heteroatoms. The van der Waals surface area contributed by atoms with Gasteiger partial charge in [-0.15, -0.1) is 6.58 Å². The molecule has 4 nitrogen and oxygen atoms in total. The average molecular weight is 190 g/mol. The molecule has 0 rings (SSSR count). The first-order valence-electron chi connectivity index (χ1n) is 2.87. The highest BCUT2D eigenvalue weighted by Crippen LogP contribution is 1.64. The summed E-state index contributed by atoms with van der Waals surface area (Å²) in [5.41, 5.74) is 10.2. The van der Waals surface area contributed by atoms with E-state index in [0.29, 0.717) is 11.7 Å². The second-order valence-electron chi connectivity index (χ2n) is 1.61. The molecule has 0 aromatic rings. The van der Waals surface area contributed by atoms with Crippen molar-refractivity contribution in [3.8, 4) is 0 Å². The third-order valence-corrected chi connectivity index (χ3v) is 1.05. The van der Waals surface area contributed by atoms with E-state index >= 15 is 0 Å². The maximum atomic E-state index is 5.12. The van der Waals surface area contributed by atoms with Crippen molar-refractivity contribution in [2.75, 3.05) is 6.54 Å². The SMILES string of the molecule is C=CCNC(=S)NNC(N)=S. The third-order valence-electron chi connectivity index (χ3n) is 0.706. The highest BCUT2D eigenvalue weighted by atomic mass is 32.1. The quantitative estimate of drug-likeness (QED) is 0.265. The van der Waals surface area contributed by atoms with Crippen LogP contribution in [-0.4, -0.2) is 16.8 Å². The van der Waals surface area contributed by atoms with Crippen LogP contribution in [0, 0.1) is 0 Å². The minimum atomic E-state index is 0.146. The first-order valence-corrected chi connectivity index (χ1v) is 3.68. The number of nitrogens with two attached hydrogens (primary N) is 1. The molecule has 0 saturated carbocycles. The minimum Gasteiger partial charge on any atom is -0.375 e. The standard InChI is InChI=1S/C5H10N4S2/c1-2-3-7-5(11)9-8-4(6)10/h2H,1,3H2,(H3,6,8,10)(H2,7,9,11). The van der Waals surface area contributed by atoms with Crippen LogP contribution < -0.4 is 21.9 Å². The summed E-state index contributed by atoms with van der Waals surface area (Å²) in [6, 6.07) is 0. The zero-order chi connectivity index (χ0) is 8.69. The van der Waals surface area contributed by atoms with Crippen LogP contribution in [0.15, 0.2) is 12.7 Å². The molecule has 0 saturated heterocycles. The summed E-state index contributed by atoms with van der Waals surface area (Å²) in [4.78, 5) is 0. The Morgan fingerprint density at radius 1 is 1.45 bits per heavy atom. The van der Waals surface area contributed by atoms with Gasteiger partial charge in [-0.2, -0.15) is 0 Å². The molecule has 0 radical (unpaired) electrons. The third kappa shape index (κ3) is 7.01. The van der Waals surface area contributed by atoms with Gasteiger partial charge < -0.3 is 11.1 Å². The zero-order valence-electron chi connectivity index (χ0n) is 5.89.